The molecule has 0 aromatic heterocycles. The van der Waals surface area contributed by atoms with E-state index in [4.69, 9.17) is 27.9 Å². The normalized spacial score (nSPS) is 10.5. The van der Waals surface area contributed by atoms with Gasteiger partial charge in [-0.1, -0.05) is 65.2 Å². The number of ether oxygens (including phenoxy) is 1. The van der Waals surface area contributed by atoms with Gasteiger partial charge in [0.1, 0.15) is 12.4 Å². The van der Waals surface area contributed by atoms with E-state index in [9.17, 15) is 0 Å². The molecule has 0 spiro atoms. The van der Waals surface area contributed by atoms with Crippen LogP contribution in [-0.2, 0) is 13.2 Å². The summed E-state index contributed by atoms with van der Waals surface area (Å²) in [4.78, 5) is 0. The second-order valence-corrected chi connectivity index (χ2v) is 6.72. The minimum absolute atomic E-state index is 0.548. The molecule has 3 rings (SSSR count). The van der Waals surface area contributed by atoms with Gasteiger partial charge in [-0.3, -0.25) is 0 Å². The second-order valence-electron chi connectivity index (χ2n) is 5.90. The molecule has 128 valence electrons. The topological polar surface area (TPSA) is 21.3 Å². The van der Waals surface area contributed by atoms with Gasteiger partial charge in [-0.15, -0.1) is 0 Å². The summed E-state index contributed by atoms with van der Waals surface area (Å²) in [6.45, 7) is 3.36. The molecule has 0 bridgehead atoms. The molecule has 0 radical (unpaired) electrons. The van der Waals surface area contributed by atoms with Crippen molar-refractivity contribution in [3.05, 3.63) is 93.5 Å². The van der Waals surface area contributed by atoms with E-state index in [0.717, 1.165) is 17.0 Å². The lowest BCUT2D eigenvalue weighted by Gasteiger charge is -2.10. The lowest BCUT2D eigenvalue weighted by Crippen LogP contribution is -2.00. The minimum atomic E-state index is 0.548. The highest BCUT2D eigenvalue weighted by Crippen LogP contribution is 2.25. The Morgan fingerprint density at radius 2 is 1.64 bits per heavy atom. The number of halogens is 2. The maximum Gasteiger partial charge on any atom is 0.119 e. The Morgan fingerprint density at radius 1 is 0.840 bits per heavy atom. The van der Waals surface area contributed by atoms with Gasteiger partial charge in [-0.05, 0) is 48.4 Å². The molecule has 0 amide bonds. The van der Waals surface area contributed by atoms with Gasteiger partial charge in [-0.25, -0.2) is 0 Å². The van der Waals surface area contributed by atoms with Crippen molar-refractivity contribution in [3.63, 3.8) is 0 Å². The zero-order valence-corrected chi connectivity index (χ0v) is 15.4. The van der Waals surface area contributed by atoms with Crippen LogP contribution in [0.5, 0.6) is 5.75 Å². The summed E-state index contributed by atoms with van der Waals surface area (Å²) in [5, 5.41) is 4.43. The number of aryl methyl sites for hydroxylation is 1. The van der Waals surface area contributed by atoms with Gasteiger partial charge in [0.2, 0.25) is 0 Å². The highest BCUT2D eigenvalue weighted by Gasteiger charge is 2.01. The molecule has 3 aromatic carbocycles. The van der Waals surface area contributed by atoms with Crippen LogP contribution in [0.25, 0.3) is 0 Å². The lowest BCUT2D eigenvalue weighted by molar-refractivity contribution is 0.306. The first-order valence-electron chi connectivity index (χ1n) is 8.06. The average molecular weight is 372 g/mol. The maximum atomic E-state index is 6.02. The first kappa shape index (κ1) is 17.7. The van der Waals surface area contributed by atoms with Crippen molar-refractivity contribution in [1.29, 1.82) is 0 Å². The third kappa shape index (κ3) is 5.15. The zero-order chi connectivity index (χ0) is 17.6. The van der Waals surface area contributed by atoms with Crippen molar-refractivity contribution < 1.29 is 4.74 Å². The van der Waals surface area contributed by atoms with Crippen LogP contribution in [0, 0.1) is 6.92 Å². The van der Waals surface area contributed by atoms with Gasteiger partial charge in [0.15, 0.2) is 0 Å². The van der Waals surface area contributed by atoms with Crippen molar-refractivity contribution in [1.82, 2.24) is 0 Å². The van der Waals surface area contributed by atoms with Crippen molar-refractivity contribution in [2.45, 2.75) is 20.1 Å². The lowest BCUT2D eigenvalue weighted by atomic mass is 10.1. The summed E-state index contributed by atoms with van der Waals surface area (Å²) in [5.41, 5.74) is 4.51. The maximum absolute atomic E-state index is 6.02. The van der Waals surface area contributed by atoms with Crippen LogP contribution in [0.1, 0.15) is 16.7 Å². The molecule has 4 heteroatoms. The van der Waals surface area contributed by atoms with E-state index in [1.165, 1.54) is 11.1 Å². The van der Waals surface area contributed by atoms with Crippen molar-refractivity contribution in [3.8, 4) is 5.75 Å². The molecule has 0 unspecified atom stereocenters. The number of hydrogen-bond acceptors (Lipinski definition) is 2. The number of rotatable bonds is 6. The molecule has 0 heterocycles. The third-order valence-corrected chi connectivity index (χ3v) is 4.57. The van der Waals surface area contributed by atoms with E-state index in [-0.39, 0.29) is 0 Å². The van der Waals surface area contributed by atoms with E-state index in [0.29, 0.717) is 23.2 Å². The van der Waals surface area contributed by atoms with Crippen molar-refractivity contribution in [2.24, 2.45) is 0 Å². The summed E-state index contributed by atoms with van der Waals surface area (Å²) in [5.74, 6) is 0.861. The Kier molecular flexibility index (Phi) is 5.85. The van der Waals surface area contributed by atoms with E-state index >= 15 is 0 Å². The summed E-state index contributed by atoms with van der Waals surface area (Å²) in [6, 6.07) is 21.9. The average Bonchev–Trinajstić information content (AvgIpc) is 2.62. The molecule has 0 saturated heterocycles. The second kappa shape index (κ2) is 8.28. The van der Waals surface area contributed by atoms with Crippen molar-refractivity contribution in [2.75, 3.05) is 5.32 Å². The molecular formula is C21H19Cl2NO. The third-order valence-electron chi connectivity index (χ3n) is 3.83. The van der Waals surface area contributed by atoms with Crippen LogP contribution < -0.4 is 10.1 Å². The largest absolute Gasteiger partial charge is 0.489 e. The molecule has 0 saturated carbocycles. The Morgan fingerprint density at radius 3 is 2.36 bits per heavy atom. The molecule has 3 aromatic rings. The van der Waals surface area contributed by atoms with Crippen LogP contribution in [0.2, 0.25) is 10.0 Å². The summed E-state index contributed by atoms with van der Waals surface area (Å²) in [7, 11) is 0. The summed E-state index contributed by atoms with van der Waals surface area (Å²) >= 11 is 11.9. The van der Waals surface area contributed by atoms with Gasteiger partial charge in [0.05, 0.1) is 10.0 Å². The number of benzene rings is 3. The molecule has 0 aliphatic carbocycles. The number of anilines is 1. The summed E-state index contributed by atoms with van der Waals surface area (Å²) in [6.07, 6.45) is 0. The monoisotopic (exact) mass is 371 g/mol. The van der Waals surface area contributed by atoms with Crippen LogP contribution >= 0.6 is 23.2 Å². The highest BCUT2D eigenvalue weighted by atomic mass is 35.5. The van der Waals surface area contributed by atoms with E-state index in [2.05, 4.69) is 42.6 Å². The Bertz CT molecular complexity index is 847. The van der Waals surface area contributed by atoms with Gasteiger partial charge in [0.25, 0.3) is 0 Å². The molecule has 1 N–H and O–H groups in total. The number of hydrogen-bond donors (Lipinski definition) is 1. The summed E-state index contributed by atoms with van der Waals surface area (Å²) < 4.78 is 5.84. The fourth-order valence-electron chi connectivity index (χ4n) is 2.48. The van der Waals surface area contributed by atoms with Crippen molar-refractivity contribution >= 4 is 28.9 Å². The van der Waals surface area contributed by atoms with Crippen LogP contribution in [0.4, 0.5) is 5.69 Å². The molecule has 2 nitrogen and oxygen atoms in total. The van der Waals surface area contributed by atoms with E-state index in [1.807, 2.05) is 30.3 Å². The molecule has 0 atom stereocenters. The Hall–Kier alpha value is -2.16. The van der Waals surface area contributed by atoms with Crippen LogP contribution in [0.15, 0.2) is 66.7 Å². The fourth-order valence-corrected chi connectivity index (χ4v) is 2.78. The van der Waals surface area contributed by atoms with Crippen LogP contribution in [0.3, 0.4) is 0 Å². The highest BCUT2D eigenvalue weighted by molar-refractivity contribution is 6.42. The Labute approximate surface area is 158 Å². The number of nitrogens with one attached hydrogen (secondary N) is 1. The predicted molar refractivity (Wildman–Crippen MR) is 106 cm³/mol. The minimum Gasteiger partial charge on any atom is -0.489 e. The molecule has 0 fully saturated rings. The molecule has 25 heavy (non-hydrogen) atoms. The smallest absolute Gasteiger partial charge is 0.119 e. The van der Waals surface area contributed by atoms with Gasteiger partial charge >= 0.3 is 0 Å². The fraction of sp³-hybridized carbons (Fsp3) is 0.143. The quantitative estimate of drug-likeness (QED) is 0.534. The predicted octanol–water partition coefficient (Wildman–Crippen LogP) is 6.49. The van der Waals surface area contributed by atoms with Crippen LogP contribution in [-0.4, -0.2) is 0 Å². The van der Waals surface area contributed by atoms with Gasteiger partial charge < -0.3 is 10.1 Å². The molecule has 0 aliphatic rings. The first-order valence-corrected chi connectivity index (χ1v) is 8.82. The van der Waals surface area contributed by atoms with E-state index < -0.39 is 0 Å². The Balaban J connectivity index is 1.54. The molecule has 0 aliphatic heterocycles. The zero-order valence-electron chi connectivity index (χ0n) is 13.9. The molecular weight excluding hydrogens is 353 g/mol. The van der Waals surface area contributed by atoms with E-state index in [1.54, 1.807) is 6.07 Å². The van der Waals surface area contributed by atoms with Gasteiger partial charge in [-0.2, -0.15) is 0 Å². The standard InChI is InChI=1S/C21H19Cl2NO/c1-15-3-2-4-17(11-15)14-25-19-8-5-16(6-9-19)13-24-18-7-10-20(22)21(23)12-18/h2-12,24H,13-14H2,1H3. The first-order chi connectivity index (χ1) is 12.1. The SMILES string of the molecule is Cc1cccc(COc2ccc(CNc3ccc(Cl)c(Cl)c3)cc2)c1. The van der Waals surface area contributed by atoms with Gasteiger partial charge in [0, 0.05) is 12.2 Å².